The van der Waals surface area contributed by atoms with E-state index >= 15 is 0 Å². The maximum Gasteiger partial charge on any atom is 0.227 e. The van der Waals surface area contributed by atoms with Gasteiger partial charge in [0.15, 0.2) is 11.9 Å². The first-order valence-corrected chi connectivity index (χ1v) is 6.26. The Labute approximate surface area is 113 Å². The number of pyridine rings is 1. The molecule has 1 N–H and O–H groups in total. The van der Waals surface area contributed by atoms with Crippen LogP contribution >= 0.6 is 0 Å². The van der Waals surface area contributed by atoms with Crippen LogP contribution in [0.4, 0.5) is 0 Å². The van der Waals surface area contributed by atoms with Crippen LogP contribution in [-0.2, 0) is 6.54 Å². The molecule has 98 valence electrons. The van der Waals surface area contributed by atoms with Gasteiger partial charge in [0.1, 0.15) is 0 Å². The SMILES string of the molecule is Cc1cc(C)c(C(=O)C[n+]2cccc(O)c2)cc1C. The number of aromatic hydroxyl groups is 1. The maximum absolute atomic E-state index is 12.3. The van der Waals surface area contributed by atoms with Crippen molar-refractivity contribution in [3.63, 3.8) is 0 Å². The quantitative estimate of drug-likeness (QED) is 0.677. The Morgan fingerprint density at radius 3 is 2.53 bits per heavy atom. The van der Waals surface area contributed by atoms with Gasteiger partial charge in [-0.25, -0.2) is 0 Å². The predicted molar refractivity (Wildman–Crippen MR) is 73.3 cm³/mol. The summed E-state index contributed by atoms with van der Waals surface area (Å²) in [5.74, 6) is 0.211. The molecule has 0 amide bonds. The molecule has 0 radical (unpaired) electrons. The van der Waals surface area contributed by atoms with E-state index in [1.807, 2.05) is 32.9 Å². The highest BCUT2D eigenvalue weighted by Gasteiger charge is 2.15. The minimum absolute atomic E-state index is 0.0520. The third-order valence-corrected chi connectivity index (χ3v) is 3.31. The molecule has 0 unspecified atom stereocenters. The Morgan fingerprint density at radius 2 is 1.84 bits per heavy atom. The number of carbonyl (C=O) groups excluding carboxylic acids is 1. The van der Waals surface area contributed by atoms with Crippen LogP contribution in [0.2, 0.25) is 0 Å². The molecular weight excluding hydrogens is 238 g/mol. The van der Waals surface area contributed by atoms with Crippen molar-refractivity contribution in [2.24, 2.45) is 0 Å². The molecule has 0 atom stereocenters. The lowest BCUT2D eigenvalue weighted by Crippen LogP contribution is -2.37. The first-order valence-electron chi connectivity index (χ1n) is 6.26. The normalized spacial score (nSPS) is 10.5. The smallest absolute Gasteiger partial charge is 0.227 e. The highest BCUT2D eigenvalue weighted by molar-refractivity contribution is 5.96. The van der Waals surface area contributed by atoms with Gasteiger partial charge in [0.05, 0.1) is 0 Å². The highest BCUT2D eigenvalue weighted by atomic mass is 16.3. The topological polar surface area (TPSA) is 41.2 Å². The molecule has 2 rings (SSSR count). The van der Waals surface area contributed by atoms with Gasteiger partial charge in [-0.2, -0.15) is 4.57 Å². The van der Waals surface area contributed by atoms with Crippen LogP contribution < -0.4 is 4.57 Å². The zero-order valence-corrected chi connectivity index (χ0v) is 11.5. The average Bonchev–Trinajstić information content (AvgIpc) is 2.33. The van der Waals surface area contributed by atoms with Crippen molar-refractivity contribution in [2.75, 3.05) is 0 Å². The number of carbonyl (C=O) groups is 1. The number of rotatable bonds is 3. The Balaban J connectivity index is 2.28. The second kappa shape index (κ2) is 5.22. The van der Waals surface area contributed by atoms with E-state index < -0.39 is 0 Å². The molecule has 1 heterocycles. The van der Waals surface area contributed by atoms with Gasteiger partial charge in [0, 0.05) is 11.6 Å². The van der Waals surface area contributed by atoms with E-state index in [2.05, 4.69) is 0 Å². The van der Waals surface area contributed by atoms with E-state index in [0.717, 1.165) is 16.7 Å². The van der Waals surface area contributed by atoms with Gasteiger partial charge in [-0.1, -0.05) is 6.07 Å². The number of Topliss-reactive ketones (excluding diaryl/α,β-unsaturated/α-hetero) is 1. The number of aromatic nitrogens is 1. The van der Waals surface area contributed by atoms with Gasteiger partial charge in [-0.05, 0) is 49.6 Å². The van der Waals surface area contributed by atoms with E-state index in [1.165, 1.54) is 5.56 Å². The van der Waals surface area contributed by atoms with Crippen LogP contribution in [0.3, 0.4) is 0 Å². The predicted octanol–water partition coefficient (Wildman–Crippen LogP) is 2.49. The van der Waals surface area contributed by atoms with Crippen molar-refractivity contribution in [1.29, 1.82) is 0 Å². The van der Waals surface area contributed by atoms with Crippen molar-refractivity contribution in [2.45, 2.75) is 27.3 Å². The second-order valence-corrected chi connectivity index (χ2v) is 4.91. The van der Waals surface area contributed by atoms with Crippen molar-refractivity contribution >= 4 is 5.78 Å². The molecule has 0 bridgehead atoms. The van der Waals surface area contributed by atoms with Crippen LogP contribution in [-0.4, -0.2) is 10.9 Å². The minimum Gasteiger partial charge on any atom is -0.503 e. The molecule has 2 aromatic rings. The van der Waals surface area contributed by atoms with Gasteiger partial charge in [0.25, 0.3) is 0 Å². The summed E-state index contributed by atoms with van der Waals surface area (Å²) < 4.78 is 1.69. The summed E-state index contributed by atoms with van der Waals surface area (Å²) >= 11 is 0. The lowest BCUT2D eigenvalue weighted by molar-refractivity contribution is -0.683. The first kappa shape index (κ1) is 13.3. The monoisotopic (exact) mass is 256 g/mol. The maximum atomic E-state index is 12.3. The summed E-state index contributed by atoms with van der Waals surface area (Å²) in [5.41, 5.74) is 4.06. The Kier molecular flexibility index (Phi) is 3.65. The zero-order valence-electron chi connectivity index (χ0n) is 11.5. The molecule has 0 saturated heterocycles. The number of hydrogen-bond acceptors (Lipinski definition) is 2. The van der Waals surface area contributed by atoms with Crippen molar-refractivity contribution in [3.05, 3.63) is 58.9 Å². The van der Waals surface area contributed by atoms with E-state index in [9.17, 15) is 9.90 Å². The Bertz CT molecular complexity index is 633. The molecule has 0 aliphatic carbocycles. The van der Waals surface area contributed by atoms with Gasteiger partial charge in [-0.3, -0.25) is 4.79 Å². The summed E-state index contributed by atoms with van der Waals surface area (Å²) in [6.07, 6.45) is 3.32. The average molecular weight is 256 g/mol. The van der Waals surface area contributed by atoms with Crippen molar-refractivity contribution in [3.8, 4) is 5.75 Å². The second-order valence-electron chi connectivity index (χ2n) is 4.91. The van der Waals surface area contributed by atoms with Crippen molar-refractivity contribution < 1.29 is 14.5 Å². The van der Waals surface area contributed by atoms with Gasteiger partial charge >= 0.3 is 0 Å². The molecule has 0 fully saturated rings. The van der Waals surface area contributed by atoms with Crippen LogP contribution in [0.15, 0.2) is 36.7 Å². The van der Waals surface area contributed by atoms with E-state index in [4.69, 9.17) is 0 Å². The first-order chi connectivity index (χ1) is 8.97. The lowest BCUT2D eigenvalue weighted by atomic mass is 9.98. The van der Waals surface area contributed by atoms with Gasteiger partial charge in [-0.15, -0.1) is 0 Å². The number of hydrogen-bond donors (Lipinski definition) is 1. The summed E-state index contributed by atoms with van der Waals surface area (Å²) in [4.78, 5) is 12.3. The van der Waals surface area contributed by atoms with Crippen LogP contribution in [0.5, 0.6) is 5.75 Å². The summed E-state index contributed by atoms with van der Waals surface area (Å²) in [6, 6.07) is 7.28. The highest BCUT2D eigenvalue weighted by Crippen LogP contribution is 2.16. The zero-order chi connectivity index (χ0) is 14.0. The summed E-state index contributed by atoms with van der Waals surface area (Å²) in [7, 11) is 0. The fourth-order valence-electron chi connectivity index (χ4n) is 2.12. The van der Waals surface area contributed by atoms with Gasteiger partial charge < -0.3 is 5.11 Å². The van der Waals surface area contributed by atoms with Crippen LogP contribution in [0.25, 0.3) is 0 Å². The molecular formula is C16H18NO2+. The molecule has 19 heavy (non-hydrogen) atoms. The Morgan fingerprint density at radius 1 is 1.16 bits per heavy atom. The molecule has 0 aliphatic rings. The van der Waals surface area contributed by atoms with E-state index in [0.29, 0.717) is 0 Å². The van der Waals surface area contributed by atoms with E-state index in [1.54, 1.807) is 29.1 Å². The van der Waals surface area contributed by atoms with Crippen LogP contribution in [0.1, 0.15) is 27.0 Å². The number of benzene rings is 1. The minimum atomic E-state index is 0.0520. The molecule has 3 nitrogen and oxygen atoms in total. The standard InChI is InChI=1S/C16H17NO2/c1-11-7-13(3)15(8-12(11)2)16(19)10-17-6-4-5-14(18)9-17/h4-9H,10H2,1-3H3/p+1. The summed E-state index contributed by atoms with van der Waals surface area (Å²) in [5, 5.41) is 9.40. The fourth-order valence-corrected chi connectivity index (χ4v) is 2.12. The number of nitrogens with zero attached hydrogens (tertiary/aromatic N) is 1. The third kappa shape index (κ3) is 2.99. The summed E-state index contributed by atoms with van der Waals surface area (Å²) in [6.45, 7) is 6.23. The number of aryl methyl sites for hydroxylation is 3. The molecule has 1 aromatic carbocycles. The molecule has 3 heteroatoms. The largest absolute Gasteiger partial charge is 0.503 e. The van der Waals surface area contributed by atoms with Crippen molar-refractivity contribution in [1.82, 2.24) is 0 Å². The third-order valence-electron chi connectivity index (χ3n) is 3.31. The molecule has 0 spiro atoms. The van der Waals surface area contributed by atoms with Gasteiger partial charge in [0.2, 0.25) is 18.5 Å². The fraction of sp³-hybridized carbons (Fsp3) is 0.250. The van der Waals surface area contributed by atoms with Crippen LogP contribution in [0, 0.1) is 20.8 Å². The number of ketones is 1. The molecule has 0 aliphatic heterocycles. The lowest BCUT2D eigenvalue weighted by Gasteiger charge is -2.07. The molecule has 0 saturated carbocycles. The Hall–Kier alpha value is -2.16. The van der Waals surface area contributed by atoms with E-state index in [-0.39, 0.29) is 18.1 Å². The molecule has 1 aromatic heterocycles.